The number of aromatic nitrogens is 2. The Labute approximate surface area is 208 Å². The highest BCUT2D eigenvalue weighted by atomic mass is 35.5. The van der Waals surface area contributed by atoms with Crippen molar-refractivity contribution < 1.29 is 19.1 Å². The van der Waals surface area contributed by atoms with Gasteiger partial charge in [0.1, 0.15) is 0 Å². The van der Waals surface area contributed by atoms with Gasteiger partial charge in [-0.05, 0) is 56.9 Å². The van der Waals surface area contributed by atoms with Gasteiger partial charge in [-0.3, -0.25) is 19.6 Å². The SMILES string of the molecule is CC(C)OC(=O)CCC(N)c1cccnc1.CCOC(=O)CCC(N)c1cccnc1.Cl.Cl. The van der Waals surface area contributed by atoms with Crippen LogP contribution in [-0.2, 0) is 19.1 Å². The lowest BCUT2D eigenvalue weighted by Crippen LogP contribution is -2.16. The van der Waals surface area contributed by atoms with E-state index in [4.69, 9.17) is 20.9 Å². The van der Waals surface area contributed by atoms with Gasteiger partial charge >= 0.3 is 11.9 Å². The highest BCUT2D eigenvalue weighted by Gasteiger charge is 2.11. The standard InChI is InChI=1S/C12H18N2O2.C11H16N2O2.2ClH/c1-9(2)16-12(15)6-5-11(13)10-4-3-7-14-8-10;1-2-15-11(14)6-5-10(12)9-4-3-7-13-8-9;;/h3-4,7-9,11H,5-6,13H2,1-2H3;3-4,7-8,10H,2,5-6,12H2,1H3;2*1H. The summed E-state index contributed by atoms with van der Waals surface area (Å²) >= 11 is 0. The fourth-order valence-electron chi connectivity index (χ4n) is 2.63. The minimum atomic E-state index is -0.200. The molecule has 0 aliphatic heterocycles. The predicted molar refractivity (Wildman–Crippen MR) is 133 cm³/mol. The molecule has 0 spiro atoms. The number of carbonyl (C=O) groups excluding carboxylic acids is 2. The number of esters is 2. The summed E-state index contributed by atoms with van der Waals surface area (Å²) in [7, 11) is 0. The van der Waals surface area contributed by atoms with Gasteiger partial charge < -0.3 is 20.9 Å². The van der Waals surface area contributed by atoms with Crippen molar-refractivity contribution in [2.24, 2.45) is 11.5 Å². The van der Waals surface area contributed by atoms with Crippen molar-refractivity contribution in [2.75, 3.05) is 6.61 Å². The number of pyridine rings is 2. The lowest BCUT2D eigenvalue weighted by atomic mass is 10.1. The van der Waals surface area contributed by atoms with Crippen LogP contribution in [0.2, 0.25) is 0 Å². The molecule has 0 saturated carbocycles. The van der Waals surface area contributed by atoms with E-state index in [0.717, 1.165) is 11.1 Å². The van der Waals surface area contributed by atoms with E-state index in [9.17, 15) is 9.59 Å². The molecule has 0 radical (unpaired) electrons. The smallest absolute Gasteiger partial charge is 0.306 e. The van der Waals surface area contributed by atoms with Gasteiger partial charge in [0, 0.05) is 49.7 Å². The first-order valence-electron chi connectivity index (χ1n) is 10.5. The molecule has 33 heavy (non-hydrogen) atoms. The molecular weight excluding hydrogens is 467 g/mol. The van der Waals surface area contributed by atoms with Crippen LogP contribution in [0.5, 0.6) is 0 Å². The molecule has 10 heteroatoms. The third kappa shape index (κ3) is 15.2. The second-order valence-corrected chi connectivity index (χ2v) is 7.21. The summed E-state index contributed by atoms with van der Waals surface area (Å²) in [6.45, 7) is 5.87. The molecule has 8 nitrogen and oxygen atoms in total. The molecule has 0 aromatic carbocycles. The maximum atomic E-state index is 11.3. The molecule has 2 aromatic heterocycles. The van der Waals surface area contributed by atoms with Crippen LogP contribution in [0.25, 0.3) is 0 Å². The summed E-state index contributed by atoms with van der Waals surface area (Å²) in [5, 5.41) is 0. The summed E-state index contributed by atoms with van der Waals surface area (Å²) in [6.07, 6.45) is 8.63. The van der Waals surface area contributed by atoms with Gasteiger partial charge in [-0.1, -0.05) is 12.1 Å². The zero-order valence-corrected chi connectivity index (χ0v) is 21.0. The maximum absolute atomic E-state index is 11.3. The normalized spacial score (nSPS) is 11.6. The van der Waals surface area contributed by atoms with Crippen molar-refractivity contribution in [3.63, 3.8) is 0 Å². The largest absolute Gasteiger partial charge is 0.466 e. The Kier molecular flexibility index (Phi) is 19.2. The zero-order chi connectivity index (χ0) is 23.1. The Morgan fingerprint density at radius 2 is 1.33 bits per heavy atom. The Balaban J connectivity index is 0. The molecule has 4 N–H and O–H groups in total. The number of nitrogens with two attached hydrogens (primary N) is 2. The molecule has 186 valence electrons. The van der Waals surface area contributed by atoms with Crippen molar-refractivity contribution in [3.05, 3.63) is 60.2 Å². The average Bonchev–Trinajstić information content (AvgIpc) is 2.77. The van der Waals surface area contributed by atoms with Crippen molar-refractivity contribution in [1.82, 2.24) is 9.97 Å². The predicted octanol–water partition coefficient (Wildman–Crippen LogP) is 4.08. The molecule has 0 saturated heterocycles. The van der Waals surface area contributed by atoms with Crippen molar-refractivity contribution in [2.45, 2.75) is 64.6 Å². The molecule has 0 amide bonds. The van der Waals surface area contributed by atoms with E-state index in [1.807, 2.05) is 38.1 Å². The van der Waals surface area contributed by atoms with E-state index in [0.29, 0.717) is 32.3 Å². The quantitative estimate of drug-likeness (QED) is 0.464. The Bertz CT molecular complexity index is 768. The minimum absolute atomic E-state index is 0. The topological polar surface area (TPSA) is 130 Å². The number of ether oxygens (including phenoxy) is 2. The lowest BCUT2D eigenvalue weighted by molar-refractivity contribution is -0.147. The van der Waals surface area contributed by atoms with Gasteiger partial charge in [0.15, 0.2) is 0 Å². The van der Waals surface area contributed by atoms with Gasteiger partial charge in [0.2, 0.25) is 0 Å². The van der Waals surface area contributed by atoms with Crippen molar-refractivity contribution >= 4 is 36.8 Å². The van der Waals surface area contributed by atoms with Crippen LogP contribution in [-0.4, -0.2) is 34.6 Å². The minimum Gasteiger partial charge on any atom is -0.466 e. The zero-order valence-electron chi connectivity index (χ0n) is 19.4. The first kappa shape index (κ1) is 32.9. The Hall–Kier alpha value is -2.26. The van der Waals surface area contributed by atoms with Crippen LogP contribution in [0.3, 0.4) is 0 Å². The molecule has 2 rings (SSSR count). The van der Waals surface area contributed by atoms with Crippen LogP contribution in [0.4, 0.5) is 0 Å². The first-order valence-corrected chi connectivity index (χ1v) is 10.5. The summed E-state index contributed by atoms with van der Waals surface area (Å²) in [4.78, 5) is 30.3. The van der Waals surface area contributed by atoms with E-state index < -0.39 is 0 Å². The number of nitrogens with zero attached hydrogens (tertiary/aromatic N) is 2. The second-order valence-electron chi connectivity index (χ2n) is 7.21. The first-order chi connectivity index (χ1) is 14.8. The number of carbonyl (C=O) groups is 2. The molecule has 2 heterocycles. The summed E-state index contributed by atoms with van der Waals surface area (Å²) in [5.74, 6) is -0.397. The number of hydrogen-bond acceptors (Lipinski definition) is 8. The molecule has 0 aliphatic carbocycles. The Morgan fingerprint density at radius 1 is 0.879 bits per heavy atom. The van der Waals surface area contributed by atoms with Gasteiger partial charge in [0.25, 0.3) is 0 Å². The number of hydrogen-bond donors (Lipinski definition) is 2. The highest BCUT2D eigenvalue weighted by Crippen LogP contribution is 2.15. The summed E-state index contributed by atoms with van der Waals surface area (Å²) < 4.78 is 9.84. The number of rotatable bonds is 10. The monoisotopic (exact) mass is 502 g/mol. The van der Waals surface area contributed by atoms with Gasteiger partial charge in [-0.15, -0.1) is 24.8 Å². The molecule has 2 aromatic rings. The molecule has 2 atom stereocenters. The third-order valence-corrected chi connectivity index (χ3v) is 4.22. The van der Waals surface area contributed by atoms with Crippen LogP contribution in [0.1, 0.15) is 69.7 Å². The summed E-state index contributed by atoms with van der Waals surface area (Å²) in [6, 6.07) is 7.17. The van der Waals surface area contributed by atoms with Crippen molar-refractivity contribution in [3.8, 4) is 0 Å². The van der Waals surface area contributed by atoms with Gasteiger partial charge in [-0.25, -0.2) is 0 Å². The van der Waals surface area contributed by atoms with Gasteiger partial charge in [-0.2, -0.15) is 0 Å². The van der Waals surface area contributed by atoms with E-state index in [1.54, 1.807) is 31.7 Å². The third-order valence-electron chi connectivity index (χ3n) is 4.22. The van der Waals surface area contributed by atoms with Crippen LogP contribution in [0.15, 0.2) is 49.1 Å². The molecule has 0 aliphatic rings. The molecule has 2 unspecified atom stereocenters. The van der Waals surface area contributed by atoms with E-state index in [1.165, 1.54) is 0 Å². The highest BCUT2D eigenvalue weighted by molar-refractivity contribution is 5.85. The molecule has 0 fully saturated rings. The van der Waals surface area contributed by atoms with Crippen molar-refractivity contribution in [1.29, 1.82) is 0 Å². The fraction of sp³-hybridized carbons (Fsp3) is 0.478. The van der Waals surface area contributed by atoms with Crippen LogP contribution >= 0.6 is 24.8 Å². The van der Waals surface area contributed by atoms with Crippen LogP contribution in [0, 0.1) is 0 Å². The molecule has 0 bridgehead atoms. The van der Waals surface area contributed by atoms with E-state index in [-0.39, 0.29) is 54.9 Å². The average molecular weight is 503 g/mol. The maximum Gasteiger partial charge on any atom is 0.306 e. The Morgan fingerprint density at radius 3 is 1.70 bits per heavy atom. The van der Waals surface area contributed by atoms with E-state index in [2.05, 4.69) is 9.97 Å². The summed E-state index contributed by atoms with van der Waals surface area (Å²) in [5.41, 5.74) is 13.7. The number of halogens is 2. The van der Waals surface area contributed by atoms with E-state index >= 15 is 0 Å². The fourth-order valence-corrected chi connectivity index (χ4v) is 2.63. The van der Waals surface area contributed by atoms with Crippen LogP contribution < -0.4 is 11.5 Å². The molecular formula is C23H36Cl2N4O4. The van der Waals surface area contributed by atoms with Gasteiger partial charge in [0.05, 0.1) is 12.7 Å². The second kappa shape index (κ2) is 19.2. The lowest BCUT2D eigenvalue weighted by Gasteiger charge is -2.12.